The van der Waals surface area contributed by atoms with Crippen LogP contribution in [0.2, 0.25) is 5.02 Å². The van der Waals surface area contributed by atoms with E-state index in [9.17, 15) is 17.6 Å². The predicted molar refractivity (Wildman–Crippen MR) is 127 cm³/mol. The van der Waals surface area contributed by atoms with Crippen LogP contribution in [0.1, 0.15) is 18.9 Å². The van der Waals surface area contributed by atoms with Gasteiger partial charge in [-0.05, 0) is 67.8 Å². The average Bonchev–Trinajstić information content (AvgIpc) is 2.79. The molecule has 6 nitrogen and oxygen atoms in total. The molecular formula is C24H24ClFN2O4S. The van der Waals surface area contributed by atoms with Crippen LogP contribution in [0.15, 0.2) is 77.7 Å². The fourth-order valence-electron chi connectivity index (χ4n) is 3.06. The molecule has 3 rings (SSSR count). The Labute approximate surface area is 197 Å². The van der Waals surface area contributed by atoms with Crippen LogP contribution in [-0.2, 0) is 21.2 Å². The summed E-state index contributed by atoms with van der Waals surface area (Å²) in [6, 6.07) is 18.8. The Morgan fingerprint density at radius 3 is 2.42 bits per heavy atom. The van der Waals surface area contributed by atoms with Crippen LogP contribution in [-0.4, -0.2) is 27.0 Å². The summed E-state index contributed by atoms with van der Waals surface area (Å²) >= 11 is 6.17. The first-order chi connectivity index (χ1) is 15.7. The third-order valence-electron chi connectivity index (χ3n) is 4.79. The van der Waals surface area contributed by atoms with Crippen LogP contribution in [0.25, 0.3) is 0 Å². The van der Waals surface area contributed by atoms with Gasteiger partial charge in [0.25, 0.3) is 15.9 Å². The van der Waals surface area contributed by atoms with Crippen molar-refractivity contribution in [2.45, 2.75) is 30.7 Å². The highest BCUT2D eigenvalue weighted by Crippen LogP contribution is 2.28. The second-order valence-corrected chi connectivity index (χ2v) is 9.58. The van der Waals surface area contributed by atoms with Crippen molar-refractivity contribution < 1.29 is 22.3 Å². The van der Waals surface area contributed by atoms with E-state index >= 15 is 0 Å². The predicted octanol–water partition coefficient (Wildman–Crippen LogP) is 4.80. The van der Waals surface area contributed by atoms with E-state index in [1.54, 1.807) is 0 Å². The molecule has 0 radical (unpaired) electrons. The van der Waals surface area contributed by atoms with E-state index in [-0.39, 0.29) is 39.9 Å². The van der Waals surface area contributed by atoms with Gasteiger partial charge in [-0.1, -0.05) is 41.9 Å². The van der Waals surface area contributed by atoms with Gasteiger partial charge < -0.3 is 10.1 Å². The Morgan fingerprint density at radius 1 is 1.06 bits per heavy atom. The third kappa shape index (κ3) is 7.47. The molecule has 0 fully saturated rings. The van der Waals surface area contributed by atoms with Crippen molar-refractivity contribution in [3.8, 4) is 5.75 Å². The summed E-state index contributed by atoms with van der Waals surface area (Å²) in [5.74, 6) is -0.595. The summed E-state index contributed by atoms with van der Waals surface area (Å²) in [4.78, 5) is 12.1. The summed E-state index contributed by atoms with van der Waals surface area (Å²) in [7, 11) is -3.93. The molecule has 0 aliphatic rings. The van der Waals surface area contributed by atoms with Crippen LogP contribution in [0.4, 0.5) is 10.1 Å². The molecule has 3 aromatic carbocycles. The second-order valence-electron chi connectivity index (χ2n) is 7.49. The van der Waals surface area contributed by atoms with Gasteiger partial charge in [-0.15, -0.1) is 0 Å². The molecule has 1 amide bonds. The van der Waals surface area contributed by atoms with E-state index < -0.39 is 15.8 Å². The lowest BCUT2D eigenvalue weighted by Gasteiger charge is -2.15. The van der Waals surface area contributed by atoms with Crippen LogP contribution in [0, 0.1) is 5.82 Å². The smallest absolute Gasteiger partial charge is 0.261 e. The van der Waals surface area contributed by atoms with Gasteiger partial charge in [0.1, 0.15) is 11.6 Å². The van der Waals surface area contributed by atoms with Crippen molar-refractivity contribution in [2.75, 3.05) is 11.3 Å². The van der Waals surface area contributed by atoms with Gasteiger partial charge in [-0.2, -0.15) is 0 Å². The molecule has 0 bridgehead atoms. The molecule has 0 aromatic heterocycles. The highest BCUT2D eigenvalue weighted by molar-refractivity contribution is 7.92. The Balaban J connectivity index is 1.52. The SMILES string of the molecule is C[C@@H](CCc1ccccc1)NC(=O)COc1ccc(S(=O)(=O)Nc2ccc(F)cc2)cc1Cl. The monoisotopic (exact) mass is 490 g/mol. The molecule has 0 aliphatic heterocycles. The van der Waals surface area contributed by atoms with E-state index in [4.69, 9.17) is 16.3 Å². The molecule has 0 unspecified atom stereocenters. The Bertz CT molecular complexity index is 1190. The van der Waals surface area contributed by atoms with E-state index in [0.717, 1.165) is 25.0 Å². The maximum absolute atomic E-state index is 13.0. The van der Waals surface area contributed by atoms with Crippen molar-refractivity contribution in [1.82, 2.24) is 5.32 Å². The van der Waals surface area contributed by atoms with Gasteiger partial charge in [0.15, 0.2) is 6.61 Å². The highest BCUT2D eigenvalue weighted by Gasteiger charge is 2.17. The first kappa shape index (κ1) is 24.5. The average molecular weight is 491 g/mol. The van der Waals surface area contributed by atoms with E-state index in [1.165, 1.54) is 35.9 Å². The van der Waals surface area contributed by atoms with Gasteiger partial charge in [0, 0.05) is 11.7 Å². The fourth-order valence-corrected chi connectivity index (χ4v) is 4.44. The van der Waals surface area contributed by atoms with Gasteiger partial charge in [0.05, 0.1) is 9.92 Å². The van der Waals surface area contributed by atoms with Crippen molar-refractivity contribution in [3.05, 3.63) is 89.2 Å². The minimum Gasteiger partial charge on any atom is -0.482 e. The molecule has 1 atom stereocenters. The molecule has 33 heavy (non-hydrogen) atoms. The lowest BCUT2D eigenvalue weighted by molar-refractivity contribution is -0.123. The standard InChI is InChI=1S/C24H24ClFN2O4S/c1-17(7-8-18-5-3-2-4-6-18)27-24(29)16-32-23-14-13-21(15-22(23)25)33(30,31)28-20-11-9-19(26)10-12-20/h2-6,9-15,17,28H,7-8,16H2,1H3,(H,27,29)/t17-/m0/s1. The van der Waals surface area contributed by atoms with Crippen LogP contribution in [0.5, 0.6) is 5.75 Å². The number of ether oxygens (including phenoxy) is 1. The molecule has 0 heterocycles. The van der Waals surface area contributed by atoms with E-state index in [0.29, 0.717) is 0 Å². The van der Waals surface area contributed by atoms with Gasteiger partial charge in [-0.25, -0.2) is 12.8 Å². The summed E-state index contributed by atoms with van der Waals surface area (Å²) in [5, 5.41) is 2.91. The summed E-state index contributed by atoms with van der Waals surface area (Å²) in [6.07, 6.45) is 1.63. The molecule has 9 heteroatoms. The molecule has 0 aliphatic carbocycles. The second kappa shape index (κ2) is 11.2. The Morgan fingerprint density at radius 2 is 1.76 bits per heavy atom. The van der Waals surface area contributed by atoms with Crippen molar-refractivity contribution in [1.29, 1.82) is 0 Å². The summed E-state index contributed by atoms with van der Waals surface area (Å²) in [5.41, 5.74) is 1.41. The highest BCUT2D eigenvalue weighted by atomic mass is 35.5. The van der Waals surface area contributed by atoms with Gasteiger partial charge >= 0.3 is 0 Å². The number of hydrogen-bond acceptors (Lipinski definition) is 4. The Kier molecular flexibility index (Phi) is 8.30. The number of amides is 1. The maximum atomic E-state index is 13.0. The molecule has 174 valence electrons. The van der Waals surface area contributed by atoms with E-state index in [1.807, 2.05) is 37.3 Å². The summed E-state index contributed by atoms with van der Waals surface area (Å²) in [6.45, 7) is 1.66. The van der Waals surface area contributed by atoms with Gasteiger partial charge in [0.2, 0.25) is 0 Å². The number of halogens is 2. The third-order valence-corrected chi connectivity index (χ3v) is 6.46. The zero-order valence-corrected chi connectivity index (χ0v) is 19.5. The lowest BCUT2D eigenvalue weighted by Crippen LogP contribution is -2.36. The number of carbonyl (C=O) groups is 1. The fraction of sp³-hybridized carbons (Fsp3) is 0.208. The maximum Gasteiger partial charge on any atom is 0.261 e. The summed E-state index contributed by atoms with van der Waals surface area (Å²) < 4.78 is 45.9. The van der Waals surface area contributed by atoms with Crippen LogP contribution < -0.4 is 14.8 Å². The van der Waals surface area contributed by atoms with Gasteiger partial charge in [-0.3, -0.25) is 9.52 Å². The molecule has 3 aromatic rings. The largest absolute Gasteiger partial charge is 0.482 e. The van der Waals surface area contributed by atoms with Crippen LogP contribution >= 0.6 is 11.6 Å². The quantitative estimate of drug-likeness (QED) is 0.427. The van der Waals surface area contributed by atoms with Crippen molar-refractivity contribution in [3.63, 3.8) is 0 Å². The molecule has 0 spiro atoms. The number of aryl methyl sites for hydroxylation is 1. The number of benzene rings is 3. The minimum atomic E-state index is -3.93. The van der Waals surface area contributed by atoms with Crippen LogP contribution in [0.3, 0.4) is 0 Å². The first-order valence-corrected chi connectivity index (χ1v) is 12.1. The molecule has 0 saturated heterocycles. The zero-order valence-electron chi connectivity index (χ0n) is 17.9. The topological polar surface area (TPSA) is 84.5 Å². The number of hydrogen-bond donors (Lipinski definition) is 2. The number of carbonyl (C=O) groups excluding carboxylic acids is 1. The van der Waals surface area contributed by atoms with Crippen molar-refractivity contribution in [2.24, 2.45) is 0 Å². The number of anilines is 1. The first-order valence-electron chi connectivity index (χ1n) is 10.3. The Hall–Kier alpha value is -3.10. The normalized spacial score (nSPS) is 12.1. The van der Waals surface area contributed by atoms with Crippen molar-refractivity contribution >= 4 is 33.2 Å². The lowest BCUT2D eigenvalue weighted by atomic mass is 10.1. The minimum absolute atomic E-state index is 0.0400. The van der Waals surface area contributed by atoms with E-state index in [2.05, 4.69) is 10.0 Å². The molecule has 0 saturated carbocycles. The number of nitrogens with one attached hydrogen (secondary N) is 2. The number of sulfonamides is 1. The zero-order chi connectivity index (χ0) is 23.8. The molecule has 2 N–H and O–H groups in total. The number of rotatable bonds is 10. The molecular weight excluding hydrogens is 467 g/mol.